The minimum Gasteiger partial charge on any atom is -0.396 e. The first-order valence-corrected chi connectivity index (χ1v) is 6.10. The van der Waals surface area contributed by atoms with Gasteiger partial charge in [0.1, 0.15) is 5.02 Å². The van der Waals surface area contributed by atoms with E-state index in [1.807, 2.05) is 0 Å². The average Bonchev–Trinajstić information content (AvgIpc) is 2.37. The molecule has 1 aromatic carbocycles. The number of aliphatic hydroxyl groups is 1. The third-order valence-electron chi connectivity index (χ3n) is 2.91. The summed E-state index contributed by atoms with van der Waals surface area (Å²) in [5, 5.41) is 22.4. The molecule has 0 bridgehead atoms. The molecule has 0 heterocycles. The zero-order valence-electron chi connectivity index (χ0n) is 10.6. The second-order valence-electron chi connectivity index (χ2n) is 4.35. The van der Waals surface area contributed by atoms with Crippen molar-refractivity contribution < 1.29 is 14.8 Å². The summed E-state index contributed by atoms with van der Waals surface area (Å²) in [5.41, 5.74) is -0.148. The molecule has 7 heteroatoms. The number of carbonyl (C=O) groups is 1. The first kappa shape index (κ1) is 15.4. The molecule has 0 radical (unpaired) electrons. The van der Waals surface area contributed by atoms with E-state index in [4.69, 9.17) is 16.7 Å². The molecule has 19 heavy (non-hydrogen) atoms. The molecule has 0 fully saturated rings. The number of nitrogens with zero attached hydrogens (tertiary/aromatic N) is 1. The van der Waals surface area contributed by atoms with Crippen LogP contribution in [0.2, 0.25) is 5.02 Å². The second kappa shape index (κ2) is 6.49. The van der Waals surface area contributed by atoms with Crippen LogP contribution in [0.4, 0.5) is 5.69 Å². The normalized spacial score (nSPS) is 13.7. The van der Waals surface area contributed by atoms with E-state index in [0.29, 0.717) is 0 Å². The number of amides is 1. The van der Waals surface area contributed by atoms with E-state index in [-0.39, 0.29) is 34.8 Å². The lowest BCUT2D eigenvalue weighted by Crippen LogP contribution is -2.38. The van der Waals surface area contributed by atoms with Crippen molar-refractivity contribution in [1.82, 2.24) is 5.32 Å². The summed E-state index contributed by atoms with van der Waals surface area (Å²) in [6, 6.07) is 3.62. The summed E-state index contributed by atoms with van der Waals surface area (Å²) in [4.78, 5) is 22.0. The molecule has 0 aromatic heterocycles. The Morgan fingerprint density at radius 3 is 2.68 bits per heavy atom. The first-order chi connectivity index (χ1) is 8.86. The van der Waals surface area contributed by atoms with Crippen LogP contribution in [0.25, 0.3) is 0 Å². The number of nitro groups is 1. The highest BCUT2D eigenvalue weighted by Gasteiger charge is 2.19. The van der Waals surface area contributed by atoms with Crippen LogP contribution < -0.4 is 5.32 Å². The summed E-state index contributed by atoms with van der Waals surface area (Å²) in [6.45, 7) is 3.49. The van der Waals surface area contributed by atoms with Crippen LogP contribution in [0.1, 0.15) is 24.2 Å². The maximum Gasteiger partial charge on any atom is 0.288 e. The van der Waals surface area contributed by atoms with E-state index in [9.17, 15) is 14.9 Å². The standard InChI is InChI=1S/C12H15ClN2O4/c1-7(6-16)8(2)14-12(17)9-3-4-10(13)11(5-9)15(18)19/h3-5,7-8,16H,6H2,1-2H3,(H,14,17). The zero-order valence-corrected chi connectivity index (χ0v) is 11.3. The second-order valence-corrected chi connectivity index (χ2v) is 4.75. The van der Waals surface area contributed by atoms with Gasteiger partial charge in [0, 0.05) is 24.3 Å². The van der Waals surface area contributed by atoms with Gasteiger partial charge in [-0.05, 0) is 25.0 Å². The molecule has 104 valence electrons. The average molecular weight is 287 g/mol. The molecular formula is C12H15ClN2O4. The number of hydrogen-bond donors (Lipinski definition) is 2. The smallest absolute Gasteiger partial charge is 0.288 e. The molecule has 2 atom stereocenters. The lowest BCUT2D eigenvalue weighted by molar-refractivity contribution is -0.384. The van der Waals surface area contributed by atoms with Crippen molar-refractivity contribution in [3.63, 3.8) is 0 Å². The molecule has 0 aliphatic rings. The summed E-state index contributed by atoms with van der Waals surface area (Å²) in [6.07, 6.45) is 0. The van der Waals surface area contributed by atoms with Gasteiger partial charge in [-0.25, -0.2) is 0 Å². The van der Waals surface area contributed by atoms with Gasteiger partial charge in [-0.15, -0.1) is 0 Å². The van der Waals surface area contributed by atoms with Gasteiger partial charge < -0.3 is 10.4 Å². The van der Waals surface area contributed by atoms with Gasteiger partial charge in [-0.2, -0.15) is 0 Å². The van der Waals surface area contributed by atoms with Crippen molar-refractivity contribution in [2.45, 2.75) is 19.9 Å². The molecule has 1 amide bonds. The molecule has 0 saturated carbocycles. The fourth-order valence-electron chi connectivity index (χ4n) is 1.38. The van der Waals surface area contributed by atoms with E-state index >= 15 is 0 Å². The van der Waals surface area contributed by atoms with E-state index < -0.39 is 10.8 Å². The molecule has 0 aliphatic carbocycles. The van der Waals surface area contributed by atoms with Gasteiger partial charge in [-0.1, -0.05) is 18.5 Å². The van der Waals surface area contributed by atoms with Gasteiger partial charge >= 0.3 is 0 Å². The van der Waals surface area contributed by atoms with Crippen molar-refractivity contribution in [3.8, 4) is 0 Å². The molecule has 0 spiro atoms. The van der Waals surface area contributed by atoms with Crippen LogP contribution in [0.15, 0.2) is 18.2 Å². The summed E-state index contributed by atoms with van der Waals surface area (Å²) in [5.74, 6) is -0.543. The highest BCUT2D eigenvalue weighted by Crippen LogP contribution is 2.25. The monoisotopic (exact) mass is 286 g/mol. The highest BCUT2D eigenvalue weighted by molar-refractivity contribution is 6.32. The van der Waals surface area contributed by atoms with Crippen LogP contribution in [0, 0.1) is 16.0 Å². The topological polar surface area (TPSA) is 92.5 Å². The lowest BCUT2D eigenvalue weighted by Gasteiger charge is -2.19. The number of hydrogen-bond acceptors (Lipinski definition) is 4. The van der Waals surface area contributed by atoms with Crippen LogP contribution >= 0.6 is 11.6 Å². The predicted octanol–water partition coefficient (Wildman–Crippen LogP) is 1.99. The number of benzene rings is 1. The quantitative estimate of drug-likeness (QED) is 0.639. The third kappa shape index (κ3) is 3.90. The summed E-state index contributed by atoms with van der Waals surface area (Å²) < 4.78 is 0. The van der Waals surface area contributed by atoms with Crippen molar-refractivity contribution in [2.24, 2.45) is 5.92 Å². The summed E-state index contributed by atoms with van der Waals surface area (Å²) in [7, 11) is 0. The number of nitrogens with one attached hydrogen (secondary N) is 1. The van der Waals surface area contributed by atoms with Gasteiger partial charge in [0.25, 0.3) is 11.6 Å². The Kier molecular flexibility index (Phi) is 5.26. The highest BCUT2D eigenvalue weighted by atomic mass is 35.5. The molecule has 1 rings (SSSR count). The molecular weight excluding hydrogens is 272 g/mol. The number of nitro benzene ring substituents is 1. The predicted molar refractivity (Wildman–Crippen MR) is 71.3 cm³/mol. The maximum absolute atomic E-state index is 11.9. The molecule has 0 aliphatic heterocycles. The van der Waals surface area contributed by atoms with Crippen molar-refractivity contribution >= 4 is 23.2 Å². The molecule has 2 N–H and O–H groups in total. The number of rotatable bonds is 5. The van der Waals surface area contributed by atoms with Gasteiger partial charge in [0.2, 0.25) is 0 Å². The number of aliphatic hydroxyl groups excluding tert-OH is 1. The van der Waals surface area contributed by atoms with Gasteiger partial charge in [-0.3, -0.25) is 14.9 Å². The van der Waals surface area contributed by atoms with Gasteiger partial charge in [0.05, 0.1) is 4.92 Å². The lowest BCUT2D eigenvalue weighted by atomic mass is 10.0. The van der Waals surface area contributed by atoms with Gasteiger partial charge in [0.15, 0.2) is 0 Å². The number of halogens is 1. The number of carbonyl (C=O) groups excluding carboxylic acids is 1. The van der Waals surface area contributed by atoms with E-state index in [1.54, 1.807) is 13.8 Å². The minimum atomic E-state index is -0.640. The Morgan fingerprint density at radius 1 is 1.53 bits per heavy atom. The third-order valence-corrected chi connectivity index (χ3v) is 3.22. The molecule has 1 aromatic rings. The SMILES string of the molecule is CC(CO)C(C)NC(=O)c1ccc(Cl)c([N+](=O)[O-])c1. The fourth-order valence-corrected chi connectivity index (χ4v) is 1.57. The van der Waals surface area contributed by atoms with Crippen molar-refractivity contribution in [1.29, 1.82) is 0 Å². The Bertz CT molecular complexity index is 493. The Morgan fingerprint density at radius 2 is 2.16 bits per heavy atom. The maximum atomic E-state index is 11.9. The largest absolute Gasteiger partial charge is 0.396 e. The van der Waals surface area contributed by atoms with Crippen molar-refractivity contribution in [2.75, 3.05) is 6.61 Å². The minimum absolute atomic E-state index is 0.0154. The van der Waals surface area contributed by atoms with Crippen molar-refractivity contribution in [3.05, 3.63) is 38.9 Å². The van der Waals surface area contributed by atoms with E-state index in [2.05, 4.69) is 5.32 Å². The fraction of sp³-hybridized carbons (Fsp3) is 0.417. The Labute approximate surface area is 115 Å². The van der Waals surface area contributed by atoms with E-state index in [0.717, 1.165) is 6.07 Å². The van der Waals surface area contributed by atoms with E-state index in [1.165, 1.54) is 12.1 Å². The first-order valence-electron chi connectivity index (χ1n) is 5.72. The molecule has 6 nitrogen and oxygen atoms in total. The summed E-state index contributed by atoms with van der Waals surface area (Å²) >= 11 is 5.67. The van der Waals surface area contributed by atoms with Crippen LogP contribution in [0.5, 0.6) is 0 Å². The molecule has 0 saturated heterocycles. The zero-order chi connectivity index (χ0) is 14.6. The van der Waals surface area contributed by atoms with Crippen LogP contribution in [-0.4, -0.2) is 28.6 Å². The Hall–Kier alpha value is -1.66. The molecule has 2 unspecified atom stereocenters. The van der Waals surface area contributed by atoms with Crippen LogP contribution in [-0.2, 0) is 0 Å². The van der Waals surface area contributed by atoms with Crippen LogP contribution in [0.3, 0.4) is 0 Å². The Balaban J connectivity index is 2.89.